The van der Waals surface area contributed by atoms with E-state index in [1.165, 1.54) is 24.8 Å². The predicted octanol–water partition coefficient (Wildman–Crippen LogP) is 3.10. The number of hydrogen-bond acceptors (Lipinski definition) is 2. The van der Waals surface area contributed by atoms with Crippen LogP contribution < -0.4 is 0 Å². The first-order valence-corrected chi connectivity index (χ1v) is 6.71. The largest absolute Gasteiger partial charge is 0.462 e. The molecule has 1 heterocycles. The molecule has 0 radical (unpaired) electrons. The van der Waals surface area contributed by atoms with Crippen molar-refractivity contribution in [3.63, 3.8) is 0 Å². The van der Waals surface area contributed by atoms with E-state index in [1.54, 1.807) is 0 Å². The van der Waals surface area contributed by atoms with Crippen molar-refractivity contribution in [2.45, 2.75) is 32.6 Å². The normalized spacial score (nSPS) is 40.1. The van der Waals surface area contributed by atoms with Crippen molar-refractivity contribution in [1.82, 2.24) is 0 Å². The van der Waals surface area contributed by atoms with Gasteiger partial charge in [0.25, 0.3) is 0 Å². The topological polar surface area (TPSA) is 26.3 Å². The van der Waals surface area contributed by atoms with E-state index in [0.717, 1.165) is 17.9 Å². The third-order valence-electron chi connectivity index (χ3n) is 4.89. The minimum Gasteiger partial charge on any atom is -0.462 e. The van der Waals surface area contributed by atoms with E-state index in [4.69, 9.17) is 4.74 Å². The van der Waals surface area contributed by atoms with Gasteiger partial charge in [0.05, 0.1) is 6.61 Å². The van der Waals surface area contributed by atoms with Crippen molar-refractivity contribution in [2.75, 3.05) is 6.61 Å². The fourth-order valence-electron chi connectivity index (χ4n) is 4.12. The lowest BCUT2D eigenvalue weighted by atomic mass is 9.75. The van der Waals surface area contributed by atoms with E-state index in [1.807, 2.05) is 0 Å². The van der Waals surface area contributed by atoms with Crippen LogP contribution in [0, 0.1) is 23.7 Å². The molecule has 0 bridgehead atoms. The molecule has 1 saturated carbocycles. The van der Waals surface area contributed by atoms with Gasteiger partial charge in [-0.05, 0) is 50.4 Å². The van der Waals surface area contributed by atoms with E-state index in [0.29, 0.717) is 24.4 Å². The molecule has 4 atom stereocenters. The summed E-state index contributed by atoms with van der Waals surface area (Å²) in [4.78, 5) is 11.7. The summed E-state index contributed by atoms with van der Waals surface area (Å²) in [5.41, 5.74) is 2.25. The minimum atomic E-state index is -0.0667. The Balaban J connectivity index is 1.95. The molecule has 3 aliphatic rings. The van der Waals surface area contributed by atoms with Crippen LogP contribution in [0.4, 0.5) is 0 Å². The van der Waals surface area contributed by atoms with Crippen molar-refractivity contribution in [3.8, 4) is 0 Å². The van der Waals surface area contributed by atoms with Gasteiger partial charge in [-0.1, -0.05) is 18.2 Å². The number of allylic oxidation sites excluding steroid dienone is 2. The lowest BCUT2D eigenvalue weighted by Crippen LogP contribution is -2.25. The van der Waals surface area contributed by atoms with Crippen LogP contribution in [0.2, 0.25) is 0 Å². The monoisotopic (exact) mass is 232 g/mol. The van der Waals surface area contributed by atoms with Crippen LogP contribution in [0.5, 0.6) is 0 Å². The molecule has 1 aliphatic heterocycles. The Hall–Kier alpha value is -1.05. The average molecular weight is 232 g/mol. The number of cyclic esters (lactones) is 1. The van der Waals surface area contributed by atoms with E-state index in [2.05, 4.69) is 19.6 Å². The predicted molar refractivity (Wildman–Crippen MR) is 66.3 cm³/mol. The number of ether oxygens (including phenoxy) is 1. The third-order valence-corrected chi connectivity index (χ3v) is 4.89. The lowest BCUT2D eigenvalue weighted by molar-refractivity contribution is -0.135. The molecule has 0 spiro atoms. The number of hydrogen-bond donors (Lipinski definition) is 0. The second kappa shape index (κ2) is 4.01. The SMILES string of the molecule is C=C(C)[C@@H]1CC[C@H]2CCC=C3C(=O)OC[C@H]3[C@@H]21. The molecule has 2 aliphatic carbocycles. The second-order valence-corrected chi connectivity index (χ2v) is 5.81. The molecule has 0 aromatic heterocycles. The smallest absolute Gasteiger partial charge is 0.334 e. The third kappa shape index (κ3) is 1.65. The van der Waals surface area contributed by atoms with Gasteiger partial charge in [-0.25, -0.2) is 4.79 Å². The van der Waals surface area contributed by atoms with E-state index < -0.39 is 0 Å². The highest BCUT2D eigenvalue weighted by Gasteiger charge is 2.47. The molecule has 2 nitrogen and oxygen atoms in total. The highest BCUT2D eigenvalue weighted by atomic mass is 16.5. The maximum atomic E-state index is 11.7. The van der Waals surface area contributed by atoms with E-state index in [-0.39, 0.29) is 5.97 Å². The molecule has 1 saturated heterocycles. The summed E-state index contributed by atoms with van der Waals surface area (Å²) in [5.74, 6) is 2.25. The molecule has 17 heavy (non-hydrogen) atoms. The van der Waals surface area contributed by atoms with Gasteiger partial charge in [0.2, 0.25) is 0 Å². The van der Waals surface area contributed by atoms with Gasteiger partial charge in [-0.3, -0.25) is 0 Å². The molecule has 0 amide bonds. The van der Waals surface area contributed by atoms with Gasteiger partial charge in [0.15, 0.2) is 0 Å². The van der Waals surface area contributed by atoms with Crippen LogP contribution >= 0.6 is 0 Å². The van der Waals surface area contributed by atoms with Crippen LogP contribution in [0.1, 0.15) is 32.6 Å². The van der Waals surface area contributed by atoms with E-state index in [9.17, 15) is 4.79 Å². The van der Waals surface area contributed by atoms with Crippen molar-refractivity contribution in [2.24, 2.45) is 23.7 Å². The maximum Gasteiger partial charge on any atom is 0.334 e. The Morgan fingerprint density at radius 3 is 3.00 bits per heavy atom. The zero-order valence-corrected chi connectivity index (χ0v) is 10.4. The Labute approximate surface area is 103 Å². The Kier molecular flexibility index (Phi) is 2.61. The van der Waals surface area contributed by atoms with Crippen molar-refractivity contribution < 1.29 is 9.53 Å². The Morgan fingerprint density at radius 1 is 1.41 bits per heavy atom. The van der Waals surface area contributed by atoms with Crippen molar-refractivity contribution >= 4 is 5.97 Å². The number of carbonyl (C=O) groups excluding carboxylic acids is 1. The number of rotatable bonds is 1. The molecule has 3 rings (SSSR count). The summed E-state index contributed by atoms with van der Waals surface area (Å²) < 4.78 is 5.25. The number of esters is 1. The molecule has 0 aromatic rings. The summed E-state index contributed by atoms with van der Waals surface area (Å²) >= 11 is 0. The van der Waals surface area contributed by atoms with Crippen LogP contribution in [0.15, 0.2) is 23.8 Å². The molecular formula is C15H20O2. The summed E-state index contributed by atoms with van der Waals surface area (Å²) in [6.07, 6.45) is 6.97. The first kappa shape index (κ1) is 11.1. The standard InChI is InChI=1S/C15H20O2/c1-9(2)11-7-6-10-4-3-5-12-13(14(10)11)8-17-15(12)16/h5,10-11,13-14H,1,3-4,6-8H2,2H3/t10-,11+,13-,14+/m1/s1. The molecule has 2 fully saturated rings. The fraction of sp³-hybridized carbons (Fsp3) is 0.667. The van der Waals surface area contributed by atoms with Crippen LogP contribution in [0.3, 0.4) is 0 Å². The molecule has 0 N–H and O–H groups in total. The maximum absolute atomic E-state index is 11.7. The summed E-state index contributed by atoms with van der Waals surface area (Å²) in [7, 11) is 0. The first-order chi connectivity index (χ1) is 8.18. The molecular weight excluding hydrogens is 212 g/mol. The van der Waals surface area contributed by atoms with Crippen LogP contribution in [-0.2, 0) is 9.53 Å². The Bertz CT molecular complexity index is 394. The molecule has 2 heteroatoms. The summed E-state index contributed by atoms with van der Waals surface area (Å²) in [6, 6.07) is 0. The number of carbonyl (C=O) groups is 1. The molecule has 0 unspecified atom stereocenters. The van der Waals surface area contributed by atoms with Gasteiger partial charge < -0.3 is 4.74 Å². The fourth-order valence-corrected chi connectivity index (χ4v) is 4.12. The number of fused-ring (bicyclic) bond motifs is 3. The quantitative estimate of drug-likeness (QED) is 0.513. The first-order valence-electron chi connectivity index (χ1n) is 6.71. The summed E-state index contributed by atoms with van der Waals surface area (Å²) in [5, 5.41) is 0. The van der Waals surface area contributed by atoms with Gasteiger partial charge in [0, 0.05) is 11.5 Å². The van der Waals surface area contributed by atoms with Crippen molar-refractivity contribution in [3.05, 3.63) is 23.8 Å². The Morgan fingerprint density at radius 2 is 2.24 bits per heavy atom. The molecule has 92 valence electrons. The zero-order chi connectivity index (χ0) is 12.0. The zero-order valence-electron chi connectivity index (χ0n) is 10.4. The van der Waals surface area contributed by atoms with Crippen molar-refractivity contribution in [1.29, 1.82) is 0 Å². The molecule has 0 aromatic carbocycles. The van der Waals surface area contributed by atoms with E-state index >= 15 is 0 Å². The van der Waals surface area contributed by atoms with Crippen LogP contribution in [-0.4, -0.2) is 12.6 Å². The second-order valence-electron chi connectivity index (χ2n) is 5.81. The average Bonchev–Trinajstić information content (AvgIpc) is 2.80. The highest BCUT2D eigenvalue weighted by molar-refractivity contribution is 5.91. The highest BCUT2D eigenvalue weighted by Crippen LogP contribution is 2.51. The van der Waals surface area contributed by atoms with Gasteiger partial charge in [0.1, 0.15) is 0 Å². The minimum absolute atomic E-state index is 0.0667. The van der Waals surface area contributed by atoms with Crippen LogP contribution in [0.25, 0.3) is 0 Å². The van der Waals surface area contributed by atoms with Gasteiger partial charge >= 0.3 is 5.97 Å². The van der Waals surface area contributed by atoms with Gasteiger partial charge in [-0.2, -0.15) is 0 Å². The lowest BCUT2D eigenvalue weighted by Gasteiger charge is -2.28. The van der Waals surface area contributed by atoms with Gasteiger partial charge in [-0.15, -0.1) is 0 Å². The summed E-state index contributed by atoms with van der Waals surface area (Å²) in [6.45, 7) is 6.89.